The molecule has 1 aromatic heterocycles. The van der Waals surface area contributed by atoms with Crippen molar-refractivity contribution in [2.45, 2.75) is 12.7 Å². The summed E-state index contributed by atoms with van der Waals surface area (Å²) in [6, 6.07) is 11.0. The monoisotopic (exact) mass is 401 g/mol. The maximum absolute atomic E-state index is 13.5. The molecule has 0 unspecified atom stereocenters. The molecule has 2 heterocycles. The van der Waals surface area contributed by atoms with Gasteiger partial charge in [0.1, 0.15) is 5.82 Å². The molecule has 1 amide bonds. The lowest BCUT2D eigenvalue weighted by Gasteiger charge is -2.14. The third-order valence-electron chi connectivity index (χ3n) is 4.58. The van der Waals surface area contributed by atoms with Gasteiger partial charge < -0.3 is 15.6 Å². The number of fused-ring (bicyclic) bond motifs is 1. The molecule has 148 valence electrons. The summed E-state index contributed by atoms with van der Waals surface area (Å²) in [5.74, 6) is -1.01. The van der Waals surface area contributed by atoms with E-state index in [0.717, 1.165) is 23.9 Å². The molecule has 4 nitrogen and oxygen atoms in total. The predicted octanol–water partition coefficient (Wildman–Crippen LogP) is 5.28. The number of aromatic nitrogens is 1. The van der Waals surface area contributed by atoms with Crippen molar-refractivity contribution in [2.24, 2.45) is 0 Å². The van der Waals surface area contributed by atoms with E-state index in [1.54, 1.807) is 36.5 Å². The number of hydrogen-bond donors (Lipinski definition) is 3. The third-order valence-corrected chi connectivity index (χ3v) is 4.58. The number of halogens is 4. The third kappa shape index (κ3) is 3.87. The first-order chi connectivity index (χ1) is 13.8. The number of alkyl halides is 3. The highest BCUT2D eigenvalue weighted by atomic mass is 19.4. The molecule has 3 aromatic rings. The number of H-pyrrole nitrogens is 1. The van der Waals surface area contributed by atoms with Crippen LogP contribution in [0.1, 0.15) is 22.4 Å². The van der Waals surface area contributed by atoms with Crippen LogP contribution in [0.5, 0.6) is 0 Å². The second-order valence-electron chi connectivity index (χ2n) is 6.55. The summed E-state index contributed by atoms with van der Waals surface area (Å²) < 4.78 is 52.9. The van der Waals surface area contributed by atoms with Crippen molar-refractivity contribution in [3.05, 3.63) is 82.9 Å². The molecule has 4 rings (SSSR count). The number of carbonyl (C=O) groups excluding carboxylic acids is 1. The molecule has 0 radical (unpaired) electrons. The minimum atomic E-state index is -4.58. The van der Waals surface area contributed by atoms with Crippen molar-refractivity contribution in [2.75, 3.05) is 10.6 Å². The Kier molecular flexibility index (Phi) is 4.62. The zero-order valence-corrected chi connectivity index (χ0v) is 14.9. The topological polar surface area (TPSA) is 56.9 Å². The van der Waals surface area contributed by atoms with Gasteiger partial charge in [0.25, 0.3) is 5.91 Å². The second kappa shape index (κ2) is 7.12. The largest absolute Gasteiger partial charge is 0.416 e. The van der Waals surface area contributed by atoms with Crippen LogP contribution in [-0.4, -0.2) is 10.9 Å². The molecule has 0 spiro atoms. The van der Waals surface area contributed by atoms with Crippen LogP contribution >= 0.6 is 0 Å². The van der Waals surface area contributed by atoms with E-state index in [2.05, 4.69) is 15.6 Å². The summed E-state index contributed by atoms with van der Waals surface area (Å²) in [6.45, 7) is -0.220. The van der Waals surface area contributed by atoms with Gasteiger partial charge in [0, 0.05) is 35.4 Å². The normalized spacial score (nSPS) is 14.8. The smallest absolute Gasteiger partial charge is 0.381 e. The van der Waals surface area contributed by atoms with Crippen LogP contribution in [0.25, 0.3) is 11.6 Å². The number of carbonyl (C=O) groups is 1. The highest BCUT2D eigenvalue weighted by Gasteiger charge is 2.33. The van der Waals surface area contributed by atoms with Gasteiger partial charge in [-0.25, -0.2) is 4.39 Å². The summed E-state index contributed by atoms with van der Waals surface area (Å²) in [5, 5.41) is 5.63. The Morgan fingerprint density at radius 1 is 1.07 bits per heavy atom. The first-order valence-electron chi connectivity index (χ1n) is 8.71. The molecular weight excluding hydrogens is 386 g/mol. The van der Waals surface area contributed by atoms with Crippen LogP contribution < -0.4 is 10.6 Å². The molecule has 0 aliphatic carbocycles. The fourth-order valence-electron chi connectivity index (χ4n) is 3.21. The Balaban J connectivity index is 1.61. The number of amides is 1. The average molecular weight is 401 g/mol. The lowest BCUT2D eigenvalue weighted by atomic mass is 10.0. The molecule has 0 saturated carbocycles. The fraction of sp³-hybridized carbons (Fsp3) is 0.0952. The highest BCUT2D eigenvalue weighted by Crippen LogP contribution is 2.36. The Hall–Kier alpha value is -3.55. The molecule has 1 aliphatic rings. The van der Waals surface area contributed by atoms with E-state index in [1.165, 1.54) is 0 Å². The van der Waals surface area contributed by atoms with Crippen LogP contribution in [0.15, 0.2) is 54.7 Å². The molecule has 0 bridgehead atoms. The van der Waals surface area contributed by atoms with Gasteiger partial charge in [-0.3, -0.25) is 4.79 Å². The molecule has 2 aromatic carbocycles. The van der Waals surface area contributed by atoms with Gasteiger partial charge in [-0.1, -0.05) is 0 Å². The van der Waals surface area contributed by atoms with E-state index in [-0.39, 0.29) is 18.0 Å². The molecule has 29 heavy (non-hydrogen) atoms. The Morgan fingerprint density at radius 2 is 1.90 bits per heavy atom. The van der Waals surface area contributed by atoms with Gasteiger partial charge >= 0.3 is 6.18 Å². The van der Waals surface area contributed by atoms with E-state index < -0.39 is 17.6 Å². The molecule has 0 saturated heterocycles. The Morgan fingerprint density at radius 3 is 2.62 bits per heavy atom. The molecule has 0 fully saturated rings. The predicted molar refractivity (Wildman–Crippen MR) is 102 cm³/mol. The molecule has 8 heteroatoms. The van der Waals surface area contributed by atoms with Crippen LogP contribution in [0.3, 0.4) is 0 Å². The lowest BCUT2D eigenvalue weighted by molar-refractivity contribution is -0.138. The van der Waals surface area contributed by atoms with E-state index in [4.69, 9.17) is 0 Å². The van der Waals surface area contributed by atoms with E-state index in [0.29, 0.717) is 22.5 Å². The number of hydrogen-bond acceptors (Lipinski definition) is 2. The van der Waals surface area contributed by atoms with Crippen LogP contribution in [-0.2, 0) is 17.5 Å². The van der Waals surface area contributed by atoms with Gasteiger partial charge in [-0.05, 0) is 60.2 Å². The number of benzene rings is 2. The van der Waals surface area contributed by atoms with Crippen molar-refractivity contribution in [1.29, 1.82) is 0 Å². The van der Waals surface area contributed by atoms with Crippen molar-refractivity contribution >= 4 is 28.9 Å². The Bertz CT molecular complexity index is 1100. The average Bonchev–Trinajstić information content (AvgIpc) is 3.27. The van der Waals surface area contributed by atoms with E-state index >= 15 is 0 Å². The van der Waals surface area contributed by atoms with Gasteiger partial charge in [-0.2, -0.15) is 13.2 Å². The van der Waals surface area contributed by atoms with Gasteiger partial charge in [0.2, 0.25) is 0 Å². The summed E-state index contributed by atoms with van der Waals surface area (Å²) in [4.78, 5) is 15.2. The van der Waals surface area contributed by atoms with Crippen molar-refractivity contribution in [3.63, 3.8) is 0 Å². The quantitative estimate of drug-likeness (QED) is 0.412. The summed E-state index contributed by atoms with van der Waals surface area (Å²) in [7, 11) is 0. The minimum absolute atomic E-state index is 0.200. The second-order valence-corrected chi connectivity index (χ2v) is 6.55. The summed E-state index contributed by atoms with van der Waals surface area (Å²) >= 11 is 0. The first-order valence-corrected chi connectivity index (χ1v) is 8.71. The first kappa shape index (κ1) is 18.8. The number of anilines is 2. The zero-order valence-electron chi connectivity index (χ0n) is 14.9. The number of rotatable bonds is 4. The Labute approximate surface area is 163 Å². The lowest BCUT2D eigenvalue weighted by Crippen LogP contribution is -2.12. The van der Waals surface area contributed by atoms with Crippen molar-refractivity contribution in [1.82, 2.24) is 4.98 Å². The van der Waals surface area contributed by atoms with Gasteiger partial charge in [0.05, 0.1) is 11.1 Å². The maximum Gasteiger partial charge on any atom is 0.416 e. The van der Waals surface area contributed by atoms with E-state index in [1.807, 2.05) is 6.07 Å². The summed E-state index contributed by atoms with van der Waals surface area (Å²) in [6.07, 6.45) is -1.15. The molecule has 3 N–H and O–H groups in total. The maximum atomic E-state index is 13.5. The van der Waals surface area contributed by atoms with Crippen LogP contribution in [0.2, 0.25) is 0 Å². The molecule has 1 aliphatic heterocycles. The number of nitrogens with one attached hydrogen (secondary N) is 3. The van der Waals surface area contributed by atoms with Crippen molar-refractivity contribution in [3.8, 4) is 0 Å². The van der Waals surface area contributed by atoms with Crippen LogP contribution in [0, 0.1) is 5.82 Å². The summed E-state index contributed by atoms with van der Waals surface area (Å²) in [5.41, 5.74) is 1.84. The van der Waals surface area contributed by atoms with E-state index in [9.17, 15) is 22.4 Å². The molecular formula is C21H15F4N3O. The zero-order chi connectivity index (χ0) is 20.6. The molecule has 0 atom stereocenters. The van der Waals surface area contributed by atoms with Crippen LogP contribution in [0.4, 0.5) is 28.9 Å². The number of aromatic amines is 1. The van der Waals surface area contributed by atoms with Crippen molar-refractivity contribution < 1.29 is 22.4 Å². The SMILES string of the molecule is O=C1Nc2ccc(NCc3cc(F)ccc3C(F)(F)F)cc2/C1=C/c1ccc[nH]1. The highest BCUT2D eigenvalue weighted by molar-refractivity contribution is 6.35. The fourth-order valence-corrected chi connectivity index (χ4v) is 3.21. The van der Waals surface area contributed by atoms with Gasteiger partial charge in [0.15, 0.2) is 0 Å². The minimum Gasteiger partial charge on any atom is -0.381 e. The standard InChI is InChI=1S/C21H15F4N3O/c22-13-3-5-18(21(23,24)25)12(8-13)11-27-15-4-6-19-16(9-15)17(20(29)28-19)10-14-2-1-7-26-14/h1-10,26-27H,11H2,(H,28,29)/b17-10-. The van der Waals surface area contributed by atoms with Gasteiger partial charge in [-0.15, -0.1) is 0 Å².